The first kappa shape index (κ1) is 21.2. The zero-order chi connectivity index (χ0) is 20.7. The van der Waals surface area contributed by atoms with Crippen LogP contribution in [0.1, 0.15) is 12.0 Å². The van der Waals surface area contributed by atoms with Crippen LogP contribution in [0.4, 0.5) is 0 Å². The minimum Gasteiger partial charge on any atom is -0.356 e. The topological polar surface area (TPSA) is 84.9 Å². The number of phosphoric ester groups is 1. The van der Waals surface area contributed by atoms with Gasteiger partial charge in [0.25, 0.3) is 0 Å². The quantitative estimate of drug-likeness (QED) is 0.403. The standard InChI is InChI=1S/C22H24NO5P/c1-27-29(25,26)28-15-7-14-23-21(24)16-19-13-12-17-8-5-6-11-20(17)22(19)18-9-3-2-4-10-18/h2-6,8-13H,7,14-16H2,1H3,(H,23,24)(H,25,26). The Morgan fingerprint density at radius 1 is 1.03 bits per heavy atom. The molecule has 1 amide bonds. The van der Waals surface area contributed by atoms with Gasteiger partial charge >= 0.3 is 7.82 Å². The number of fused-ring (bicyclic) bond motifs is 1. The molecule has 0 aliphatic rings. The molecule has 0 saturated carbocycles. The molecule has 3 rings (SSSR count). The molecule has 0 radical (unpaired) electrons. The lowest BCUT2D eigenvalue weighted by Gasteiger charge is -2.14. The first-order chi connectivity index (χ1) is 14.0. The van der Waals surface area contributed by atoms with E-state index in [-0.39, 0.29) is 18.9 Å². The third-order valence-electron chi connectivity index (χ3n) is 4.56. The molecule has 0 spiro atoms. The summed E-state index contributed by atoms with van der Waals surface area (Å²) in [5.74, 6) is -0.114. The first-order valence-corrected chi connectivity index (χ1v) is 10.9. The number of amides is 1. The first-order valence-electron chi connectivity index (χ1n) is 9.36. The number of rotatable bonds is 9. The summed E-state index contributed by atoms with van der Waals surface area (Å²) in [4.78, 5) is 21.6. The maximum atomic E-state index is 12.5. The molecule has 0 fully saturated rings. The number of carbonyl (C=O) groups excluding carboxylic acids is 1. The van der Waals surface area contributed by atoms with E-state index in [0.29, 0.717) is 13.0 Å². The third-order valence-corrected chi connectivity index (χ3v) is 5.53. The summed E-state index contributed by atoms with van der Waals surface area (Å²) in [5.41, 5.74) is 3.07. The van der Waals surface area contributed by atoms with Gasteiger partial charge in [-0.2, -0.15) is 0 Å². The highest BCUT2D eigenvalue weighted by Gasteiger charge is 2.17. The molecule has 0 bridgehead atoms. The summed E-state index contributed by atoms with van der Waals surface area (Å²) < 4.78 is 20.3. The highest BCUT2D eigenvalue weighted by Crippen LogP contribution is 2.41. The minimum atomic E-state index is -3.97. The van der Waals surface area contributed by atoms with Gasteiger partial charge < -0.3 is 10.2 Å². The van der Waals surface area contributed by atoms with Crippen molar-refractivity contribution in [3.05, 3.63) is 72.3 Å². The van der Waals surface area contributed by atoms with E-state index in [0.717, 1.165) is 34.6 Å². The lowest BCUT2D eigenvalue weighted by Crippen LogP contribution is -2.27. The van der Waals surface area contributed by atoms with Gasteiger partial charge in [0.05, 0.1) is 13.0 Å². The van der Waals surface area contributed by atoms with E-state index < -0.39 is 7.82 Å². The van der Waals surface area contributed by atoms with Crippen molar-refractivity contribution in [3.8, 4) is 11.1 Å². The molecule has 7 heteroatoms. The Kier molecular flexibility index (Phi) is 7.18. The average Bonchev–Trinajstić information content (AvgIpc) is 2.74. The molecule has 6 nitrogen and oxygen atoms in total. The number of nitrogens with one attached hydrogen (secondary N) is 1. The molecule has 3 aromatic carbocycles. The summed E-state index contributed by atoms with van der Waals surface area (Å²) >= 11 is 0. The fraction of sp³-hybridized carbons (Fsp3) is 0.227. The molecule has 0 aliphatic heterocycles. The number of carbonyl (C=O) groups is 1. The van der Waals surface area contributed by atoms with Crippen molar-refractivity contribution >= 4 is 24.5 Å². The van der Waals surface area contributed by atoms with E-state index in [1.165, 1.54) is 0 Å². The van der Waals surface area contributed by atoms with Crippen LogP contribution >= 0.6 is 7.82 Å². The van der Waals surface area contributed by atoms with Crippen molar-refractivity contribution in [2.45, 2.75) is 12.8 Å². The molecule has 0 heterocycles. The predicted octanol–water partition coefficient (Wildman–Crippen LogP) is 4.32. The summed E-state index contributed by atoms with van der Waals surface area (Å²) in [6.45, 7) is 0.365. The zero-order valence-electron chi connectivity index (χ0n) is 16.2. The average molecular weight is 413 g/mol. The maximum absolute atomic E-state index is 12.5. The summed E-state index contributed by atoms with van der Waals surface area (Å²) in [6, 6.07) is 22.2. The maximum Gasteiger partial charge on any atom is 0.471 e. The highest BCUT2D eigenvalue weighted by molar-refractivity contribution is 7.47. The van der Waals surface area contributed by atoms with Gasteiger partial charge in [-0.15, -0.1) is 0 Å². The van der Waals surface area contributed by atoms with Crippen molar-refractivity contribution in [1.29, 1.82) is 0 Å². The van der Waals surface area contributed by atoms with Crippen LogP contribution in [0.2, 0.25) is 0 Å². The van der Waals surface area contributed by atoms with Crippen LogP contribution in [0.3, 0.4) is 0 Å². The molecule has 29 heavy (non-hydrogen) atoms. The van der Waals surface area contributed by atoms with E-state index in [9.17, 15) is 14.3 Å². The Hall–Kier alpha value is -2.50. The highest BCUT2D eigenvalue weighted by atomic mass is 31.2. The van der Waals surface area contributed by atoms with Crippen LogP contribution in [0.5, 0.6) is 0 Å². The van der Waals surface area contributed by atoms with Crippen molar-refractivity contribution < 1.29 is 23.3 Å². The van der Waals surface area contributed by atoms with Gasteiger partial charge in [0.1, 0.15) is 0 Å². The van der Waals surface area contributed by atoms with Gasteiger partial charge in [-0.05, 0) is 33.9 Å². The van der Waals surface area contributed by atoms with E-state index in [4.69, 9.17) is 4.52 Å². The van der Waals surface area contributed by atoms with E-state index >= 15 is 0 Å². The van der Waals surface area contributed by atoms with E-state index in [1.807, 2.05) is 54.6 Å². The Bertz CT molecular complexity index is 1020. The molecule has 1 unspecified atom stereocenters. The molecule has 2 N–H and O–H groups in total. The summed E-state index contributed by atoms with van der Waals surface area (Å²) in [7, 11) is -2.86. The Balaban J connectivity index is 1.70. The molecular formula is C22H24NO5P. The van der Waals surface area contributed by atoms with Crippen molar-refractivity contribution in [2.24, 2.45) is 0 Å². The van der Waals surface area contributed by atoms with Gasteiger partial charge in [-0.3, -0.25) is 13.8 Å². The van der Waals surface area contributed by atoms with Crippen molar-refractivity contribution in [3.63, 3.8) is 0 Å². The van der Waals surface area contributed by atoms with Crippen LogP contribution in [-0.2, 0) is 24.8 Å². The molecule has 3 aromatic rings. The van der Waals surface area contributed by atoms with Crippen LogP contribution < -0.4 is 5.32 Å². The van der Waals surface area contributed by atoms with Crippen LogP contribution in [0.25, 0.3) is 21.9 Å². The molecule has 1 atom stereocenters. The van der Waals surface area contributed by atoms with Crippen LogP contribution in [0, 0.1) is 0 Å². The Labute approximate surface area is 170 Å². The molecule has 0 aliphatic carbocycles. The lowest BCUT2D eigenvalue weighted by molar-refractivity contribution is -0.120. The second-order valence-electron chi connectivity index (χ2n) is 6.55. The van der Waals surface area contributed by atoms with Crippen LogP contribution in [-0.4, -0.2) is 31.1 Å². The van der Waals surface area contributed by atoms with Gasteiger partial charge in [0.2, 0.25) is 5.91 Å². The van der Waals surface area contributed by atoms with Crippen molar-refractivity contribution in [2.75, 3.05) is 20.3 Å². The normalized spacial score (nSPS) is 13.2. The molecule has 0 saturated heterocycles. The zero-order valence-corrected chi connectivity index (χ0v) is 17.1. The van der Waals surface area contributed by atoms with Gasteiger partial charge in [-0.25, -0.2) is 4.57 Å². The number of benzene rings is 3. The fourth-order valence-electron chi connectivity index (χ4n) is 3.18. The van der Waals surface area contributed by atoms with Gasteiger partial charge in [-0.1, -0.05) is 66.7 Å². The summed E-state index contributed by atoms with van der Waals surface area (Å²) in [5, 5.41) is 5.06. The number of hydrogen-bond acceptors (Lipinski definition) is 4. The second kappa shape index (κ2) is 9.81. The van der Waals surface area contributed by atoms with Gasteiger partial charge in [0.15, 0.2) is 0 Å². The smallest absolute Gasteiger partial charge is 0.356 e. The van der Waals surface area contributed by atoms with Crippen LogP contribution in [0.15, 0.2) is 66.7 Å². The lowest BCUT2D eigenvalue weighted by atomic mass is 9.92. The SMILES string of the molecule is COP(=O)(O)OCCCNC(=O)Cc1ccc2ccccc2c1-c1ccccc1. The Morgan fingerprint density at radius 3 is 2.52 bits per heavy atom. The number of hydrogen-bond donors (Lipinski definition) is 2. The monoisotopic (exact) mass is 413 g/mol. The third kappa shape index (κ3) is 5.75. The molecule has 0 aromatic heterocycles. The van der Waals surface area contributed by atoms with E-state index in [1.54, 1.807) is 0 Å². The van der Waals surface area contributed by atoms with Gasteiger partial charge in [0, 0.05) is 13.7 Å². The summed E-state index contributed by atoms with van der Waals surface area (Å²) in [6.07, 6.45) is 0.648. The van der Waals surface area contributed by atoms with Crippen molar-refractivity contribution in [1.82, 2.24) is 5.32 Å². The second-order valence-corrected chi connectivity index (χ2v) is 8.11. The fourth-order valence-corrected chi connectivity index (χ4v) is 3.64. The van der Waals surface area contributed by atoms with E-state index in [2.05, 4.69) is 22.0 Å². The largest absolute Gasteiger partial charge is 0.471 e. The molecule has 152 valence electrons. The minimum absolute atomic E-state index is 0.0210. The predicted molar refractivity (Wildman–Crippen MR) is 114 cm³/mol. The number of phosphoric acid groups is 1. The Morgan fingerprint density at radius 2 is 1.76 bits per heavy atom. The molecular weight excluding hydrogens is 389 g/mol.